The van der Waals surface area contributed by atoms with Crippen LogP contribution in [0.15, 0.2) is 48.5 Å². The standard InChI is InChI=1S/C24H34N2O4S/c1-19(2)21-11-9-20(10-12-21)7-5-17-25-24(27)8-6-18-26(31(4,28)29)22-13-15-23(30-3)16-14-22/h9-16,19H,5-8,17-18H2,1-4H3,(H,25,27). The Kier molecular flexibility index (Phi) is 9.37. The minimum Gasteiger partial charge on any atom is -0.497 e. The summed E-state index contributed by atoms with van der Waals surface area (Å²) in [5.74, 6) is 1.13. The number of aryl methyl sites for hydroxylation is 1. The number of sulfonamides is 1. The minimum atomic E-state index is -3.43. The Hall–Kier alpha value is -2.54. The number of nitrogens with zero attached hydrogens (tertiary/aromatic N) is 1. The van der Waals surface area contributed by atoms with Crippen LogP contribution in [0.4, 0.5) is 5.69 Å². The Morgan fingerprint density at radius 1 is 1.03 bits per heavy atom. The molecular weight excluding hydrogens is 412 g/mol. The number of carbonyl (C=O) groups excluding carboxylic acids is 1. The van der Waals surface area contributed by atoms with Crippen LogP contribution in [0, 0.1) is 0 Å². The van der Waals surface area contributed by atoms with Crippen molar-refractivity contribution in [3.63, 3.8) is 0 Å². The minimum absolute atomic E-state index is 0.0571. The molecule has 0 aliphatic heterocycles. The zero-order valence-electron chi connectivity index (χ0n) is 18.9. The van der Waals surface area contributed by atoms with Crippen molar-refractivity contribution in [2.75, 3.05) is 30.8 Å². The molecule has 170 valence electrons. The molecule has 0 fully saturated rings. The zero-order valence-corrected chi connectivity index (χ0v) is 19.7. The van der Waals surface area contributed by atoms with Gasteiger partial charge in [0, 0.05) is 19.5 Å². The maximum Gasteiger partial charge on any atom is 0.232 e. The van der Waals surface area contributed by atoms with E-state index in [0.29, 0.717) is 30.3 Å². The second-order valence-electron chi connectivity index (χ2n) is 7.99. The van der Waals surface area contributed by atoms with Crippen molar-refractivity contribution in [3.8, 4) is 5.75 Å². The van der Waals surface area contributed by atoms with Crippen LogP contribution in [0.3, 0.4) is 0 Å². The maximum absolute atomic E-state index is 12.2. The second kappa shape index (κ2) is 11.7. The molecule has 0 radical (unpaired) electrons. The van der Waals surface area contributed by atoms with Gasteiger partial charge in [-0.1, -0.05) is 38.1 Å². The normalized spacial score (nSPS) is 11.4. The van der Waals surface area contributed by atoms with E-state index in [-0.39, 0.29) is 18.9 Å². The summed E-state index contributed by atoms with van der Waals surface area (Å²) < 4.78 is 30.8. The number of nitrogens with one attached hydrogen (secondary N) is 1. The lowest BCUT2D eigenvalue weighted by molar-refractivity contribution is -0.121. The third-order valence-electron chi connectivity index (χ3n) is 5.14. The molecule has 0 aliphatic carbocycles. The van der Waals surface area contributed by atoms with Gasteiger partial charge in [0.25, 0.3) is 0 Å². The van der Waals surface area contributed by atoms with Crippen molar-refractivity contribution < 1.29 is 17.9 Å². The summed E-state index contributed by atoms with van der Waals surface area (Å²) in [6.45, 7) is 5.22. The van der Waals surface area contributed by atoms with E-state index in [4.69, 9.17) is 4.74 Å². The first-order chi connectivity index (χ1) is 14.7. The molecule has 0 spiro atoms. The maximum atomic E-state index is 12.2. The SMILES string of the molecule is COc1ccc(N(CCCC(=O)NCCCc2ccc(C(C)C)cc2)S(C)(=O)=O)cc1. The predicted molar refractivity (Wildman–Crippen MR) is 126 cm³/mol. The van der Waals surface area contributed by atoms with Gasteiger partial charge in [-0.25, -0.2) is 8.42 Å². The lowest BCUT2D eigenvalue weighted by atomic mass is 10.0. The molecule has 7 heteroatoms. The van der Waals surface area contributed by atoms with Crippen LogP contribution in [-0.4, -0.2) is 40.8 Å². The van der Waals surface area contributed by atoms with E-state index in [1.807, 2.05) is 0 Å². The number of rotatable bonds is 12. The molecule has 0 bridgehead atoms. The molecule has 2 rings (SSSR count). The average Bonchev–Trinajstić information content (AvgIpc) is 2.74. The molecule has 0 aromatic heterocycles. The van der Waals surface area contributed by atoms with Gasteiger partial charge in [-0.2, -0.15) is 0 Å². The zero-order chi connectivity index (χ0) is 22.9. The van der Waals surface area contributed by atoms with Gasteiger partial charge in [0.05, 0.1) is 19.1 Å². The topological polar surface area (TPSA) is 75.7 Å². The third kappa shape index (κ3) is 8.25. The van der Waals surface area contributed by atoms with Crippen LogP contribution in [0.5, 0.6) is 5.75 Å². The number of anilines is 1. The van der Waals surface area contributed by atoms with Gasteiger partial charge in [-0.05, 0) is 60.6 Å². The van der Waals surface area contributed by atoms with E-state index >= 15 is 0 Å². The number of amides is 1. The Labute approximate surface area is 186 Å². The smallest absolute Gasteiger partial charge is 0.232 e. The second-order valence-corrected chi connectivity index (χ2v) is 9.89. The highest BCUT2D eigenvalue weighted by Gasteiger charge is 2.17. The van der Waals surface area contributed by atoms with Crippen molar-refractivity contribution in [1.29, 1.82) is 0 Å². The first kappa shape index (κ1) is 24.7. The third-order valence-corrected chi connectivity index (χ3v) is 6.33. The van der Waals surface area contributed by atoms with Gasteiger partial charge >= 0.3 is 0 Å². The van der Waals surface area contributed by atoms with Crippen molar-refractivity contribution in [1.82, 2.24) is 5.32 Å². The van der Waals surface area contributed by atoms with Crippen molar-refractivity contribution in [2.24, 2.45) is 0 Å². The first-order valence-corrected chi connectivity index (χ1v) is 12.5. The molecule has 31 heavy (non-hydrogen) atoms. The van der Waals surface area contributed by atoms with Crippen LogP contribution in [0.25, 0.3) is 0 Å². The molecule has 0 saturated heterocycles. The van der Waals surface area contributed by atoms with Gasteiger partial charge < -0.3 is 10.1 Å². The van der Waals surface area contributed by atoms with Gasteiger partial charge in [-0.15, -0.1) is 0 Å². The van der Waals surface area contributed by atoms with Crippen molar-refractivity contribution >= 4 is 21.6 Å². The Bertz CT molecular complexity index is 923. The van der Waals surface area contributed by atoms with Crippen molar-refractivity contribution in [2.45, 2.75) is 45.4 Å². The number of hydrogen-bond acceptors (Lipinski definition) is 4. The summed E-state index contributed by atoms with van der Waals surface area (Å²) in [5.41, 5.74) is 3.16. The Balaban J connectivity index is 1.73. The summed E-state index contributed by atoms with van der Waals surface area (Å²) in [6.07, 6.45) is 3.68. The summed E-state index contributed by atoms with van der Waals surface area (Å²) in [4.78, 5) is 12.1. The van der Waals surface area contributed by atoms with Gasteiger partial charge in [0.15, 0.2) is 0 Å². The molecule has 1 amide bonds. The van der Waals surface area contributed by atoms with E-state index in [1.54, 1.807) is 31.4 Å². The molecule has 0 saturated carbocycles. The lowest BCUT2D eigenvalue weighted by Gasteiger charge is -2.22. The number of ether oxygens (including phenoxy) is 1. The van der Waals surface area contributed by atoms with E-state index in [9.17, 15) is 13.2 Å². The van der Waals surface area contributed by atoms with Gasteiger partial charge in [0.2, 0.25) is 15.9 Å². The van der Waals surface area contributed by atoms with Crippen molar-refractivity contribution in [3.05, 3.63) is 59.7 Å². The van der Waals surface area contributed by atoms with Crippen LogP contribution in [-0.2, 0) is 21.2 Å². The van der Waals surface area contributed by atoms with Crippen LogP contribution in [0.1, 0.15) is 50.2 Å². The monoisotopic (exact) mass is 446 g/mol. The Morgan fingerprint density at radius 3 is 2.23 bits per heavy atom. The molecule has 0 aliphatic rings. The summed E-state index contributed by atoms with van der Waals surface area (Å²) in [7, 11) is -1.87. The number of hydrogen-bond donors (Lipinski definition) is 1. The molecule has 2 aromatic rings. The largest absolute Gasteiger partial charge is 0.497 e. The number of methoxy groups -OCH3 is 1. The molecular formula is C24H34N2O4S. The highest BCUT2D eigenvalue weighted by Crippen LogP contribution is 2.22. The molecule has 0 unspecified atom stereocenters. The number of carbonyl (C=O) groups is 1. The van der Waals surface area contributed by atoms with Gasteiger partial charge in [-0.3, -0.25) is 9.10 Å². The van der Waals surface area contributed by atoms with Crippen LogP contribution in [0.2, 0.25) is 0 Å². The predicted octanol–water partition coefficient (Wildman–Crippen LogP) is 4.11. The Morgan fingerprint density at radius 2 is 1.68 bits per heavy atom. The molecule has 6 nitrogen and oxygen atoms in total. The fourth-order valence-corrected chi connectivity index (χ4v) is 4.26. The fraction of sp³-hybridized carbons (Fsp3) is 0.458. The number of benzene rings is 2. The molecule has 1 N–H and O–H groups in total. The van der Waals surface area contributed by atoms with E-state index in [0.717, 1.165) is 12.8 Å². The van der Waals surface area contributed by atoms with E-state index in [1.165, 1.54) is 21.7 Å². The molecule has 0 atom stereocenters. The quantitative estimate of drug-likeness (QED) is 0.498. The average molecular weight is 447 g/mol. The van der Waals surface area contributed by atoms with Gasteiger partial charge in [0.1, 0.15) is 5.75 Å². The lowest BCUT2D eigenvalue weighted by Crippen LogP contribution is -2.32. The highest BCUT2D eigenvalue weighted by atomic mass is 32.2. The molecule has 2 aromatic carbocycles. The summed E-state index contributed by atoms with van der Waals surface area (Å²) in [6, 6.07) is 15.5. The molecule has 0 heterocycles. The summed E-state index contributed by atoms with van der Waals surface area (Å²) in [5, 5.41) is 2.93. The first-order valence-electron chi connectivity index (χ1n) is 10.7. The highest BCUT2D eigenvalue weighted by molar-refractivity contribution is 7.92. The van der Waals surface area contributed by atoms with Crippen LogP contribution >= 0.6 is 0 Å². The van der Waals surface area contributed by atoms with Crippen LogP contribution < -0.4 is 14.4 Å². The van der Waals surface area contributed by atoms with E-state index in [2.05, 4.69) is 43.4 Å². The fourth-order valence-electron chi connectivity index (χ4n) is 3.30. The van der Waals surface area contributed by atoms with E-state index < -0.39 is 10.0 Å². The summed E-state index contributed by atoms with van der Waals surface area (Å²) >= 11 is 0.